The van der Waals surface area contributed by atoms with E-state index in [1.807, 2.05) is 0 Å². The quantitative estimate of drug-likeness (QED) is 0.454. The Balaban J connectivity index is 3.80. The number of alkyl halides is 6. The van der Waals surface area contributed by atoms with Crippen molar-refractivity contribution in [3.05, 3.63) is 0 Å². The van der Waals surface area contributed by atoms with E-state index >= 15 is 0 Å². The Hall–Kier alpha value is 1.36. The summed E-state index contributed by atoms with van der Waals surface area (Å²) in [6.45, 7) is 0. The lowest BCUT2D eigenvalue weighted by atomic mass is 10.8. The molecule has 0 spiro atoms. The summed E-state index contributed by atoms with van der Waals surface area (Å²) < 4.78 is 31.9. The van der Waals surface area contributed by atoms with E-state index in [1.165, 1.54) is 0 Å². The van der Waals surface area contributed by atoms with Gasteiger partial charge in [0, 0.05) is 5.75 Å². The minimum atomic E-state index is -4.37. The molecule has 0 aliphatic heterocycles. The number of halogens is 6. The standard InChI is InChI=1S/C4H4Cl3F3S2/c5-3(6,7)1-12-2(11)4(8,9)10/h2,11H,1H2. The Morgan fingerprint density at radius 1 is 1.25 bits per heavy atom. The molecule has 0 saturated carbocycles. The van der Waals surface area contributed by atoms with Gasteiger partial charge in [0.15, 0.2) is 3.79 Å². The summed E-state index contributed by atoms with van der Waals surface area (Å²) in [6.07, 6.45) is -4.37. The molecule has 0 N–H and O–H groups in total. The first kappa shape index (κ1) is 13.4. The zero-order valence-corrected chi connectivity index (χ0v) is 9.39. The molecule has 0 fully saturated rings. The molecule has 0 rings (SSSR count). The average molecular weight is 280 g/mol. The van der Waals surface area contributed by atoms with Gasteiger partial charge in [0.1, 0.15) is 4.58 Å². The summed E-state index contributed by atoms with van der Waals surface area (Å²) in [5.41, 5.74) is 0. The van der Waals surface area contributed by atoms with E-state index in [4.69, 9.17) is 34.8 Å². The van der Waals surface area contributed by atoms with Crippen LogP contribution in [0.15, 0.2) is 0 Å². The van der Waals surface area contributed by atoms with Crippen molar-refractivity contribution in [3.63, 3.8) is 0 Å². The van der Waals surface area contributed by atoms with Gasteiger partial charge in [-0.25, -0.2) is 0 Å². The molecule has 0 nitrogen and oxygen atoms in total. The molecule has 1 atom stereocenters. The molecule has 0 aromatic carbocycles. The van der Waals surface area contributed by atoms with Crippen LogP contribution >= 0.6 is 59.2 Å². The molecule has 0 heterocycles. The van der Waals surface area contributed by atoms with Crippen LogP contribution in [0.2, 0.25) is 0 Å². The topological polar surface area (TPSA) is 0 Å². The van der Waals surface area contributed by atoms with E-state index < -0.39 is 14.6 Å². The van der Waals surface area contributed by atoms with E-state index in [0.717, 1.165) is 0 Å². The molecule has 0 aliphatic carbocycles. The van der Waals surface area contributed by atoms with E-state index in [9.17, 15) is 13.2 Å². The van der Waals surface area contributed by atoms with E-state index in [0.29, 0.717) is 11.8 Å². The van der Waals surface area contributed by atoms with E-state index in [2.05, 4.69) is 12.6 Å². The highest BCUT2D eigenvalue weighted by atomic mass is 35.6. The fourth-order valence-electron chi connectivity index (χ4n) is 0.268. The molecule has 8 heteroatoms. The van der Waals surface area contributed by atoms with Gasteiger partial charge in [-0.1, -0.05) is 34.8 Å². The minimum Gasteiger partial charge on any atom is -0.169 e. The number of thiol groups is 1. The summed E-state index contributed by atoms with van der Waals surface area (Å²) in [5, 5.41) is 0. The fourth-order valence-corrected chi connectivity index (χ4v) is 1.59. The second-order valence-electron chi connectivity index (χ2n) is 1.82. The zero-order valence-electron chi connectivity index (χ0n) is 5.41. The van der Waals surface area contributed by atoms with Crippen LogP contribution in [0.5, 0.6) is 0 Å². The van der Waals surface area contributed by atoms with Gasteiger partial charge in [-0.2, -0.15) is 25.8 Å². The van der Waals surface area contributed by atoms with Crippen LogP contribution in [0.3, 0.4) is 0 Å². The second-order valence-corrected chi connectivity index (χ2v) is 6.30. The Morgan fingerprint density at radius 3 is 1.92 bits per heavy atom. The SMILES string of the molecule is FC(F)(F)C(S)SCC(Cl)(Cl)Cl. The van der Waals surface area contributed by atoms with Gasteiger partial charge >= 0.3 is 6.18 Å². The van der Waals surface area contributed by atoms with Crippen molar-refractivity contribution in [3.8, 4) is 0 Å². The van der Waals surface area contributed by atoms with Crippen LogP contribution in [0.4, 0.5) is 13.2 Å². The first-order valence-corrected chi connectivity index (χ1v) is 5.26. The van der Waals surface area contributed by atoms with Crippen LogP contribution < -0.4 is 0 Å². The summed E-state index contributed by atoms with van der Waals surface area (Å²) in [7, 11) is 0. The number of rotatable bonds is 2. The van der Waals surface area contributed by atoms with Gasteiger partial charge in [-0.3, -0.25) is 0 Å². The van der Waals surface area contributed by atoms with Gasteiger partial charge in [-0.15, -0.1) is 11.8 Å². The molecule has 0 aromatic rings. The largest absolute Gasteiger partial charge is 0.409 e. The first-order valence-electron chi connectivity index (χ1n) is 2.56. The van der Waals surface area contributed by atoms with Gasteiger partial charge in [0.2, 0.25) is 0 Å². The summed E-state index contributed by atoms with van der Waals surface area (Å²) in [4.78, 5) is 0. The van der Waals surface area contributed by atoms with E-state index in [-0.39, 0.29) is 5.75 Å². The Labute approximate surface area is 92.5 Å². The van der Waals surface area contributed by atoms with Crippen molar-refractivity contribution in [2.45, 2.75) is 14.6 Å². The van der Waals surface area contributed by atoms with Gasteiger partial charge in [0.25, 0.3) is 0 Å². The lowest BCUT2D eigenvalue weighted by Gasteiger charge is -2.16. The molecule has 0 bridgehead atoms. The third kappa shape index (κ3) is 6.83. The fraction of sp³-hybridized carbons (Fsp3) is 1.00. The van der Waals surface area contributed by atoms with Crippen LogP contribution in [0.25, 0.3) is 0 Å². The van der Waals surface area contributed by atoms with E-state index in [1.54, 1.807) is 0 Å². The smallest absolute Gasteiger partial charge is 0.169 e. The number of hydrogen-bond acceptors (Lipinski definition) is 2. The van der Waals surface area contributed by atoms with Crippen LogP contribution in [0.1, 0.15) is 0 Å². The summed E-state index contributed by atoms with van der Waals surface area (Å²) >= 11 is 19.4. The molecule has 12 heavy (non-hydrogen) atoms. The van der Waals surface area contributed by atoms with Crippen molar-refractivity contribution in [1.29, 1.82) is 0 Å². The summed E-state index contributed by atoms with van der Waals surface area (Å²) in [5.74, 6) is -0.245. The zero-order chi connectivity index (χ0) is 9.99. The van der Waals surface area contributed by atoms with Gasteiger partial charge in [-0.05, 0) is 0 Å². The monoisotopic (exact) mass is 278 g/mol. The molecule has 1 unspecified atom stereocenters. The predicted octanol–water partition coefficient (Wildman–Crippen LogP) is 3.91. The third-order valence-electron chi connectivity index (χ3n) is 0.685. The molecule has 0 aliphatic rings. The van der Waals surface area contributed by atoms with Gasteiger partial charge < -0.3 is 0 Å². The number of thioether (sulfide) groups is 1. The first-order chi connectivity index (χ1) is 5.13. The highest BCUT2D eigenvalue weighted by molar-refractivity contribution is 8.10. The second kappa shape index (κ2) is 4.73. The normalized spacial score (nSPS) is 16.2. The molecule has 0 radical (unpaired) electrons. The molecular formula is C4H4Cl3F3S2. The maximum atomic E-state index is 11.8. The minimum absolute atomic E-state index is 0.245. The van der Waals surface area contributed by atoms with Crippen molar-refractivity contribution >= 4 is 59.2 Å². The van der Waals surface area contributed by atoms with Crippen LogP contribution in [-0.2, 0) is 0 Å². The lowest BCUT2D eigenvalue weighted by molar-refractivity contribution is -0.112. The lowest BCUT2D eigenvalue weighted by Crippen LogP contribution is -2.22. The highest BCUT2D eigenvalue weighted by Crippen LogP contribution is 2.38. The molecule has 74 valence electrons. The van der Waals surface area contributed by atoms with Gasteiger partial charge in [0.05, 0.1) is 0 Å². The maximum Gasteiger partial charge on any atom is 0.409 e. The average Bonchev–Trinajstić information content (AvgIpc) is 1.78. The molecule has 0 amide bonds. The van der Waals surface area contributed by atoms with Crippen LogP contribution in [-0.4, -0.2) is 20.3 Å². The molecular weight excluding hydrogens is 276 g/mol. The highest BCUT2D eigenvalue weighted by Gasteiger charge is 2.38. The summed E-state index contributed by atoms with van der Waals surface area (Å²) in [6, 6.07) is 0. The Morgan fingerprint density at radius 2 is 1.67 bits per heavy atom. The predicted molar refractivity (Wildman–Crippen MR) is 51.6 cm³/mol. The van der Waals surface area contributed by atoms with Crippen molar-refractivity contribution in [2.75, 3.05) is 5.75 Å². The Kier molecular flexibility index (Phi) is 5.27. The Bertz CT molecular complexity index is 143. The molecule has 0 saturated heterocycles. The number of hydrogen-bond donors (Lipinski definition) is 1. The third-order valence-corrected chi connectivity index (χ3v) is 3.48. The molecule has 0 aromatic heterocycles. The maximum absolute atomic E-state index is 11.8. The van der Waals surface area contributed by atoms with Crippen molar-refractivity contribution < 1.29 is 13.2 Å². The van der Waals surface area contributed by atoms with Crippen molar-refractivity contribution in [2.24, 2.45) is 0 Å². The van der Waals surface area contributed by atoms with Crippen molar-refractivity contribution in [1.82, 2.24) is 0 Å². The van der Waals surface area contributed by atoms with Crippen LogP contribution in [0, 0.1) is 0 Å².